The molecule has 0 unspecified atom stereocenters. The molecular formula is C11H13FO3. The zero-order valence-corrected chi connectivity index (χ0v) is 8.53. The molecule has 0 amide bonds. The van der Waals surface area contributed by atoms with E-state index in [0.29, 0.717) is 18.8 Å². The van der Waals surface area contributed by atoms with Crippen LogP contribution in [0.5, 0.6) is 0 Å². The highest BCUT2D eigenvalue weighted by atomic mass is 19.1. The van der Waals surface area contributed by atoms with E-state index in [-0.39, 0.29) is 12.4 Å². The predicted octanol–water partition coefficient (Wildman–Crippen LogP) is 1.67. The Labute approximate surface area is 87.8 Å². The molecule has 3 nitrogen and oxygen atoms in total. The molecule has 0 spiro atoms. The molecule has 4 heteroatoms. The molecule has 0 radical (unpaired) electrons. The molecule has 1 rings (SSSR count). The minimum atomic E-state index is -0.419. The third kappa shape index (κ3) is 4.18. The van der Waals surface area contributed by atoms with Crippen molar-refractivity contribution in [2.24, 2.45) is 0 Å². The fourth-order valence-electron chi connectivity index (χ4n) is 1.05. The Kier molecular flexibility index (Phi) is 4.93. The Morgan fingerprint density at radius 2 is 2.20 bits per heavy atom. The van der Waals surface area contributed by atoms with Crippen molar-refractivity contribution in [2.45, 2.75) is 0 Å². The standard InChI is InChI=1S/C11H13FO3/c1-14-5-6-15-8-11(13)9-3-2-4-10(12)7-9/h2-4,7H,5-6,8H2,1H3. The van der Waals surface area contributed by atoms with Crippen LogP contribution in [0, 0.1) is 5.82 Å². The first kappa shape index (κ1) is 11.8. The number of ketones is 1. The van der Waals surface area contributed by atoms with Crippen molar-refractivity contribution in [1.82, 2.24) is 0 Å². The van der Waals surface area contributed by atoms with Crippen LogP contribution in [0.15, 0.2) is 24.3 Å². The molecule has 82 valence electrons. The summed E-state index contributed by atoms with van der Waals surface area (Å²) in [5.41, 5.74) is 0.326. The Morgan fingerprint density at radius 3 is 2.87 bits per heavy atom. The highest BCUT2D eigenvalue weighted by Crippen LogP contribution is 2.04. The molecule has 0 aliphatic heterocycles. The molecular weight excluding hydrogens is 199 g/mol. The van der Waals surface area contributed by atoms with Crippen molar-refractivity contribution < 1.29 is 18.7 Å². The van der Waals surface area contributed by atoms with Crippen LogP contribution in [0.4, 0.5) is 4.39 Å². The predicted molar refractivity (Wildman–Crippen MR) is 53.4 cm³/mol. The lowest BCUT2D eigenvalue weighted by Crippen LogP contribution is -2.12. The molecule has 0 aromatic heterocycles. The average Bonchev–Trinajstić information content (AvgIpc) is 2.24. The Hall–Kier alpha value is -1.26. The third-order valence-corrected chi connectivity index (χ3v) is 1.81. The van der Waals surface area contributed by atoms with Crippen LogP contribution in [0.2, 0.25) is 0 Å². The zero-order chi connectivity index (χ0) is 11.1. The minimum Gasteiger partial charge on any atom is -0.382 e. The summed E-state index contributed by atoms with van der Waals surface area (Å²) < 4.78 is 22.5. The zero-order valence-electron chi connectivity index (χ0n) is 8.53. The summed E-state index contributed by atoms with van der Waals surface area (Å²) in [6.45, 7) is 0.751. The fourth-order valence-corrected chi connectivity index (χ4v) is 1.05. The van der Waals surface area contributed by atoms with Gasteiger partial charge in [-0.15, -0.1) is 0 Å². The monoisotopic (exact) mass is 212 g/mol. The normalized spacial score (nSPS) is 10.3. The maximum Gasteiger partial charge on any atom is 0.188 e. The van der Waals surface area contributed by atoms with E-state index in [1.165, 1.54) is 18.2 Å². The molecule has 0 aliphatic rings. The highest BCUT2D eigenvalue weighted by molar-refractivity contribution is 5.97. The summed E-state index contributed by atoms with van der Waals surface area (Å²) >= 11 is 0. The van der Waals surface area contributed by atoms with Gasteiger partial charge in [0.25, 0.3) is 0 Å². The number of benzene rings is 1. The van der Waals surface area contributed by atoms with Crippen LogP contribution in [0.25, 0.3) is 0 Å². The Bertz CT molecular complexity index is 325. The van der Waals surface area contributed by atoms with Crippen LogP contribution in [-0.4, -0.2) is 32.7 Å². The van der Waals surface area contributed by atoms with E-state index < -0.39 is 5.82 Å². The number of ether oxygens (including phenoxy) is 2. The third-order valence-electron chi connectivity index (χ3n) is 1.81. The van der Waals surface area contributed by atoms with Crippen LogP contribution >= 0.6 is 0 Å². The second-order valence-electron chi connectivity index (χ2n) is 2.98. The minimum absolute atomic E-state index is 0.0488. The Morgan fingerprint density at radius 1 is 1.40 bits per heavy atom. The van der Waals surface area contributed by atoms with Gasteiger partial charge in [0, 0.05) is 12.7 Å². The van der Waals surface area contributed by atoms with E-state index in [0.717, 1.165) is 0 Å². The summed E-state index contributed by atoms with van der Waals surface area (Å²) in [5, 5.41) is 0. The van der Waals surface area contributed by atoms with Gasteiger partial charge in [-0.25, -0.2) is 4.39 Å². The number of carbonyl (C=O) groups is 1. The SMILES string of the molecule is COCCOCC(=O)c1cccc(F)c1. The van der Waals surface area contributed by atoms with Gasteiger partial charge in [-0.3, -0.25) is 4.79 Å². The van der Waals surface area contributed by atoms with Crippen molar-refractivity contribution in [3.05, 3.63) is 35.6 Å². The van der Waals surface area contributed by atoms with Crippen LogP contribution in [0.1, 0.15) is 10.4 Å². The topological polar surface area (TPSA) is 35.5 Å². The number of methoxy groups -OCH3 is 1. The summed E-state index contributed by atoms with van der Waals surface area (Å²) in [4.78, 5) is 11.4. The van der Waals surface area contributed by atoms with Gasteiger partial charge >= 0.3 is 0 Å². The molecule has 0 aliphatic carbocycles. The fraction of sp³-hybridized carbons (Fsp3) is 0.364. The van der Waals surface area contributed by atoms with Crippen molar-refractivity contribution in [2.75, 3.05) is 26.9 Å². The maximum absolute atomic E-state index is 12.8. The van der Waals surface area contributed by atoms with Gasteiger partial charge in [-0.2, -0.15) is 0 Å². The van der Waals surface area contributed by atoms with E-state index in [9.17, 15) is 9.18 Å². The number of halogens is 1. The lowest BCUT2D eigenvalue weighted by atomic mass is 10.1. The van der Waals surface area contributed by atoms with E-state index in [1.54, 1.807) is 13.2 Å². The van der Waals surface area contributed by atoms with Crippen molar-refractivity contribution in [3.8, 4) is 0 Å². The van der Waals surface area contributed by atoms with Gasteiger partial charge in [-0.05, 0) is 12.1 Å². The van der Waals surface area contributed by atoms with Crippen molar-refractivity contribution in [1.29, 1.82) is 0 Å². The largest absolute Gasteiger partial charge is 0.382 e. The highest BCUT2D eigenvalue weighted by Gasteiger charge is 2.06. The number of Topliss-reactive ketones (excluding diaryl/α,β-unsaturated/α-hetero) is 1. The van der Waals surface area contributed by atoms with Gasteiger partial charge in [0.2, 0.25) is 0 Å². The molecule has 0 saturated heterocycles. The molecule has 0 fully saturated rings. The van der Waals surface area contributed by atoms with Gasteiger partial charge in [0.1, 0.15) is 12.4 Å². The molecule has 0 heterocycles. The average molecular weight is 212 g/mol. The van der Waals surface area contributed by atoms with Crippen LogP contribution in [0.3, 0.4) is 0 Å². The molecule has 1 aromatic rings. The lowest BCUT2D eigenvalue weighted by Gasteiger charge is -2.02. The smallest absolute Gasteiger partial charge is 0.188 e. The van der Waals surface area contributed by atoms with Gasteiger partial charge < -0.3 is 9.47 Å². The Balaban J connectivity index is 2.40. The summed E-state index contributed by atoms with van der Waals surface area (Å²) in [6, 6.07) is 5.55. The molecule has 0 bridgehead atoms. The molecule has 15 heavy (non-hydrogen) atoms. The van der Waals surface area contributed by atoms with E-state index in [2.05, 4.69) is 0 Å². The summed E-state index contributed by atoms with van der Waals surface area (Å²) in [6.07, 6.45) is 0. The first-order chi connectivity index (χ1) is 7.24. The van der Waals surface area contributed by atoms with E-state index >= 15 is 0 Å². The second-order valence-corrected chi connectivity index (χ2v) is 2.98. The first-order valence-electron chi connectivity index (χ1n) is 4.59. The van der Waals surface area contributed by atoms with Crippen LogP contribution < -0.4 is 0 Å². The molecule has 0 atom stereocenters. The first-order valence-corrected chi connectivity index (χ1v) is 4.59. The van der Waals surface area contributed by atoms with Gasteiger partial charge in [0.15, 0.2) is 5.78 Å². The van der Waals surface area contributed by atoms with E-state index in [4.69, 9.17) is 9.47 Å². The van der Waals surface area contributed by atoms with Crippen LogP contribution in [-0.2, 0) is 9.47 Å². The maximum atomic E-state index is 12.8. The quantitative estimate of drug-likeness (QED) is 0.531. The van der Waals surface area contributed by atoms with E-state index in [1.807, 2.05) is 0 Å². The number of rotatable bonds is 6. The van der Waals surface area contributed by atoms with Crippen molar-refractivity contribution >= 4 is 5.78 Å². The molecule has 0 saturated carbocycles. The second kappa shape index (κ2) is 6.27. The van der Waals surface area contributed by atoms with Crippen molar-refractivity contribution in [3.63, 3.8) is 0 Å². The number of hydrogen-bond donors (Lipinski definition) is 0. The van der Waals surface area contributed by atoms with Gasteiger partial charge in [0.05, 0.1) is 13.2 Å². The molecule has 0 N–H and O–H groups in total. The van der Waals surface area contributed by atoms with Gasteiger partial charge in [-0.1, -0.05) is 12.1 Å². The molecule has 1 aromatic carbocycles. The summed E-state index contributed by atoms with van der Waals surface area (Å²) in [5.74, 6) is -0.650. The summed E-state index contributed by atoms with van der Waals surface area (Å²) in [7, 11) is 1.55. The number of carbonyl (C=O) groups excluding carboxylic acids is 1. The lowest BCUT2D eigenvalue weighted by molar-refractivity contribution is 0.0576. The number of hydrogen-bond acceptors (Lipinski definition) is 3.